The summed E-state index contributed by atoms with van der Waals surface area (Å²) in [7, 11) is 0. The van der Waals surface area contributed by atoms with Crippen LogP contribution in [0, 0.1) is 6.92 Å². The molecule has 1 saturated heterocycles. The first-order valence-electron chi connectivity index (χ1n) is 6.27. The zero-order valence-corrected chi connectivity index (χ0v) is 10.9. The fourth-order valence-corrected chi connectivity index (χ4v) is 2.29. The Morgan fingerprint density at radius 1 is 1.41 bits per heavy atom. The van der Waals surface area contributed by atoms with E-state index in [4.69, 9.17) is 10.5 Å². The van der Waals surface area contributed by atoms with Crippen LogP contribution in [0.5, 0.6) is 0 Å². The van der Waals surface area contributed by atoms with E-state index in [9.17, 15) is 0 Å². The Hall–Kier alpha value is -1.06. The third-order valence-corrected chi connectivity index (χ3v) is 3.60. The molecule has 0 aliphatic carbocycles. The van der Waals surface area contributed by atoms with Gasteiger partial charge in [-0.15, -0.1) is 0 Å². The number of nitrogen functional groups attached to an aromatic ring is 1. The van der Waals surface area contributed by atoms with E-state index in [2.05, 4.69) is 31.7 Å². The highest BCUT2D eigenvalue weighted by Crippen LogP contribution is 2.20. The minimum atomic E-state index is 0.326. The smallest absolute Gasteiger partial charge is 0.0674 e. The van der Waals surface area contributed by atoms with E-state index >= 15 is 0 Å². The molecule has 1 fully saturated rings. The highest BCUT2D eigenvalue weighted by molar-refractivity contribution is 5.49. The van der Waals surface area contributed by atoms with Crippen LogP contribution in [-0.2, 0) is 11.3 Å². The number of nitrogens with two attached hydrogens (primary N) is 1. The van der Waals surface area contributed by atoms with Crippen molar-refractivity contribution in [2.24, 2.45) is 0 Å². The molecule has 2 unspecified atom stereocenters. The summed E-state index contributed by atoms with van der Waals surface area (Å²) in [6.07, 6.45) is 0.326. The lowest BCUT2D eigenvalue weighted by Crippen LogP contribution is -2.46. The molecule has 2 atom stereocenters. The van der Waals surface area contributed by atoms with Crippen molar-refractivity contribution in [2.45, 2.75) is 39.5 Å². The second kappa shape index (κ2) is 5.07. The van der Waals surface area contributed by atoms with Crippen molar-refractivity contribution in [1.29, 1.82) is 0 Å². The quantitative estimate of drug-likeness (QED) is 0.797. The van der Waals surface area contributed by atoms with Crippen molar-refractivity contribution >= 4 is 5.69 Å². The summed E-state index contributed by atoms with van der Waals surface area (Å²) in [5.41, 5.74) is 9.36. The van der Waals surface area contributed by atoms with Gasteiger partial charge in [-0.05, 0) is 38.0 Å². The van der Waals surface area contributed by atoms with E-state index in [-0.39, 0.29) is 0 Å². The maximum Gasteiger partial charge on any atom is 0.0674 e. The summed E-state index contributed by atoms with van der Waals surface area (Å²) >= 11 is 0. The van der Waals surface area contributed by atoms with Gasteiger partial charge in [-0.3, -0.25) is 4.90 Å². The van der Waals surface area contributed by atoms with E-state index in [0.717, 1.165) is 25.4 Å². The van der Waals surface area contributed by atoms with Crippen molar-refractivity contribution in [1.82, 2.24) is 4.90 Å². The average molecular weight is 234 g/mol. The molecular weight excluding hydrogens is 212 g/mol. The summed E-state index contributed by atoms with van der Waals surface area (Å²) < 4.78 is 5.65. The van der Waals surface area contributed by atoms with E-state index in [0.29, 0.717) is 12.1 Å². The van der Waals surface area contributed by atoms with Crippen LogP contribution >= 0.6 is 0 Å². The van der Waals surface area contributed by atoms with Gasteiger partial charge in [-0.1, -0.05) is 12.1 Å². The van der Waals surface area contributed by atoms with E-state index in [1.807, 2.05) is 12.1 Å². The zero-order chi connectivity index (χ0) is 12.4. The van der Waals surface area contributed by atoms with Gasteiger partial charge in [0.25, 0.3) is 0 Å². The summed E-state index contributed by atoms with van der Waals surface area (Å²) in [5, 5.41) is 0. The molecular formula is C14H22N2O. The molecule has 0 spiro atoms. The van der Waals surface area contributed by atoms with E-state index in [1.54, 1.807) is 0 Å². The fraction of sp³-hybridized carbons (Fsp3) is 0.571. The summed E-state index contributed by atoms with van der Waals surface area (Å²) in [6, 6.07) is 6.64. The normalized spacial score (nSPS) is 26.1. The highest BCUT2D eigenvalue weighted by atomic mass is 16.5. The molecule has 1 aromatic rings. The second-order valence-corrected chi connectivity index (χ2v) is 5.05. The number of anilines is 1. The number of ether oxygens (including phenoxy) is 1. The van der Waals surface area contributed by atoms with Gasteiger partial charge in [0.05, 0.1) is 12.7 Å². The molecule has 0 bridgehead atoms. The van der Waals surface area contributed by atoms with Gasteiger partial charge >= 0.3 is 0 Å². The number of hydrogen-bond donors (Lipinski definition) is 1. The average Bonchev–Trinajstić information content (AvgIpc) is 2.30. The highest BCUT2D eigenvalue weighted by Gasteiger charge is 2.23. The predicted octanol–water partition coefficient (Wildman–Crippen LogP) is 2.19. The number of nitrogens with zero attached hydrogens (tertiary/aromatic N) is 1. The van der Waals surface area contributed by atoms with Gasteiger partial charge in [0.15, 0.2) is 0 Å². The molecule has 1 aliphatic rings. The first-order chi connectivity index (χ1) is 8.08. The van der Waals surface area contributed by atoms with Gasteiger partial charge < -0.3 is 10.5 Å². The van der Waals surface area contributed by atoms with Gasteiger partial charge in [0, 0.05) is 24.8 Å². The molecule has 3 heteroatoms. The van der Waals surface area contributed by atoms with Crippen molar-refractivity contribution in [3.05, 3.63) is 29.3 Å². The number of morpholine rings is 1. The van der Waals surface area contributed by atoms with Crippen molar-refractivity contribution in [3.8, 4) is 0 Å². The second-order valence-electron chi connectivity index (χ2n) is 5.05. The number of rotatable bonds is 2. The topological polar surface area (TPSA) is 38.5 Å². The lowest BCUT2D eigenvalue weighted by Gasteiger charge is -2.37. The van der Waals surface area contributed by atoms with Gasteiger partial charge in [0.2, 0.25) is 0 Å². The van der Waals surface area contributed by atoms with Crippen molar-refractivity contribution in [3.63, 3.8) is 0 Å². The zero-order valence-electron chi connectivity index (χ0n) is 10.9. The Kier molecular flexibility index (Phi) is 3.69. The molecule has 17 heavy (non-hydrogen) atoms. The molecule has 2 rings (SSSR count). The molecule has 0 radical (unpaired) electrons. The molecule has 1 aromatic carbocycles. The van der Waals surface area contributed by atoms with Crippen LogP contribution in [0.2, 0.25) is 0 Å². The van der Waals surface area contributed by atoms with Crippen LogP contribution in [0.25, 0.3) is 0 Å². The Labute approximate surface area is 104 Å². The van der Waals surface area contributed by atoms with Crippen molar-refractivity contribution < 1.29 is 4.74 Å². The first-order valence-corrected chi connectivity index (χ1v) is 6.27. The Bertz CT molecular complexity index is 392. The van der Waals surface area contributed by atoms with E-state index < -0.39 is 0 Å². The van der Waals surface area contributed by atoms with Gasteiger partial charge in [-0.2, -0.15) is 0 Å². The molecule has 1 aliphatic heterocycles. The SMILES string of the molecule is Cc1c(N)cccc1CN1CC(C)OCC1C. The number of hydrogen-bond acceptors (Lipinski definition) is 3. The van der Waals surface area contributed by atoms with Crippen LogP contribution in [0.15, 0.2) is 18.2 Å². The van der Waals surface area contributed by atoms with Crippen LogP contribution in [0.1, 0.15) is 25.0 Å². The maximum atomic E-state index is 5.94. The largest absolute Gasteiger partial charge is 0.399 e. The molecule has 94 valence electrons. The maximum absolute atomic E-state index is 5.94. The van der Waals surface area contributed by atoms with Gasteiger partial charge in [0.1, 0.15) is 0 Å². The first kappa shape index (κ1) is 12.4. The van der Waals surface area contributed by atoms with Crippen LogP contribution in [0.3, 0.4) is 0 Å². The van der Waals surface area contributed by atoms with Crippen molar-refractivity contribution in [2.75, 3.05) is 18.9 Å². The van der Waals surface area contributed by atoms with E-state index in [1.165, 1.54) is 11.1 Å². The molecule has 0 aromatic heterocycles. The Morgan fingerprint density at radius 3 is 2.94 bits per heavy atom. The van der Waals surface area contributed by atoms with Crippen LogP contribution in [0.4, 0.5) is 5.69 Å². The fourth-order valence-electron chi connectivity index (χ4n) is 2.29. The minimum Gasteiger partial charge on any atom is -0.399 e. The molecule has 1 heterocycles. The Morgan fingerprint density at radius 2 is 2.18 bits per heavy atom. The summed E-state index contributed by atoms with van der Waals surface area (Å²) in [6.45, 7) is 9.22. The lowest BCUT2D eigenvalue weighted by atomic mass is 10.1. The Balaban J connectivity index is 2.11. The van der Waals surface area contributed by atoms with Gasteiger partial charge in [-0.25, -0.2) is 0 Å². The summed E-state index contributed by atoms with van der Waals surface area (Å²) in [5.74, 6) is 0. The standard InChI is InChI=1S/C14H22N2O/c1-10-9-17-11(2)7-16(10)8-13-5-4-6-14(15)12(13)3/h4-6,10-11H,7-9,15H2,1-3H3. The lowest BCUT2D eigenvalue weighted by molar-refractivity contribution is -0.0527. The molecule has 0 saturated carbocycles. The molecule has 3 nitrogen and oxygen atoms in total. The molecule has 2 N–H and O–H groups in total. The number of benzene rings is 1. The minimum absolute atomic E-state index is 0.326. The molecule has 0 amide bonds. The predicted molar refractivity (Wildman–Crippen MR) is 70.9 cm³/mol. The van der Waals surface area contributed by atoms with Crippen LogP contribution < -0.4 is 5.73 Å². The third kappa shape index (κ3) is 2.79. The summed E-state index contributed by atoms with van der Waals surface area (Å²) in [4.78, 5) is 2.47. The third-order valence-electron chi connectivity index (χ3n) is 3.60. The van der Waals surface area contributed by atoms with Crippen LogP contribution in [-0.4, -0.2) is 30.2 Å². The monoisotopic (exact) mass is 234 g/mol.